The normalized spacial score (nSPS) is 19.4. The van der Waals surface area contributed by atoms with E-state index in [0.29, 0.717) is 0 Å². The standard InChI is InChI=1S/C25H27N3O2/c29-17-18-14-27-15-19(30-13-5-12-26-10-3-4-11-26)16-28-23-7-2-1-6-21(23)22-9-8-20(18)24(27)25(22)28/h1-2,6-9,14,17,19H,3-5,10-13,15-16H2. The molecule has 0 amide bonds. The summed E-state index contributed by atoms with van der Waals surface area (Å²) in [6.07, 6.45) is 6.81. The zero-order valence-electron chi connectivity index (χ0n) is 17.2. The fourth-order valence-electron chi connectivity index (χ4n) is 5.51. The molecule has 1 fully saturated rings. The molecule has 154 valence electrons. The summed E-state index contributed by atoms with van der Waals surface area (Å²) in [7, 11) is 0. The zero-order valence-corrected chi connectivity index (χ0v) is 17.2. The van der Waals surface area contributed by atoms with E-state index >= 15 is 0 Å². The van der Waals surface area contributed by atoms with E-state index in [9.17, 15) is 4.79 Å². The summed E-state index contributed by atoms with van der Waals surface area (Å²) in [6.45, 7) is 6.01. The molecule has 2 aliphatic rings. The maximum atomic E-state index is 11.7. The Bertz CT molecular complexity index is 1250. The number of aromatic nitrogens is 2. The van der Waals surface area contributed by atoms with Crippen molar-refractivity contribution < 1.29 is 9.53 Å². The first-order chi connectivity index (χ1) is 14.8. The maximum Gasteiger partial charge on any atom is 0.152 e. The Kier molecular flexibility index (Phi) is 4.39. The van der Waals surface area contributed by atoms with Crippen molar-refractivity contribution in [3.8, 4) is 0 Å². The van der Waals surface area contributed by atoms with Gasteiger partial charge in [-0.2, -0.15) is 0 Å². The Morgan fingerprint density at radius 1 is 0.967 bits per heavy atom. The van der Waals surface area contributed by atoms with Crippen LogP contribution in [0.1, 0.15) is 29.6 Å². The van der Waals surface area contributed by atoms with E-state index in [2.05, 4.69) is 50.4 Å². The first-order valence-corrected chi connectivity index (χ1v) is 11.2. The topological polar surface area (TPSA) is 39.4 Å². The average molecular weight is 402 g/mol. The van der Waals surface area contributed by atoms with Crippen molar-refractivity contribution in [2.45, 2.75) is 38.5 Å². The number of hydrogen-bond donors (Lipinski definition) is 0. The molecule has 0 N–H and O–H groups in total. The molecule has 0 aliphatic carbocycles. The molecule has 2 aliphatic heterocycles. The third kappa shape index (κ3) is 2.80. The van der Waals surface area contributed by atoms with Gasteiger partial charge in [0.25, 0.3) is 0 Å². The van der Waals surface area contributed by atoms with Crippen molar-refractivity contribution in [1.29, 1.82) is 0 Å². The van der Waals surface area contributed by atoms with E-state index in [-0.39, 0.29) is 6.10 Å². The van der Waals surface area contributed by atoms with E-state index in [0.717, 1.165) is 55.4 Å². The van der Waals surface area contributed by atoms with Crippen LogP contribution in [0.25, 0.3) is 32.7 Å². The van der Waals surface area contributed by atoms with Crippen molar-refractivity contribution in [3.05, 3.63) is 48.2 Å². The Hall–Kier alpha value is -2.63. The summed E-state index contributed by atoms with van der Waals surface area (Å²) < 4.78 is 11.1. The summed E-state index contributed by atoms with van der Waals surface area (Å²) in [4.78, 5) is 14.3. The molecule has 4 heterocycles. The number of ether oxygens (including phenoxy) is 1. The third-order valence-corrected chi connectivity index (χ3v) is 6.88. The molecule has 2 aromatic heterocycles. The highest BCUT2D eigenvalue weighted by molar-refractivity contribution is 6.19. The number of carbonyl (C=O) groups excluding carboxylic acids is 1. The third-order valence-electron chi connectivity index (χ3n) is 6.88. The lowest BCUT2D eigenvalue weighted by atomic mass is 10.1. The predicted molar refractivity (Wildman–Crippen MR) is 120 cm³/mol. The second kappa shape index (κ2) is 7.25. The van der Waals surface area contributed by atoms with Gasteiger partial charge in [-0.25, -0.2) is 0 Å². The molecule has 1 atom stereocenters. The summed E-state index contributed by atoms with van der Waals surface area (Å²) in [5.74, 6) is 0. The van der Waals surface area contributed by atoms with Gasteiger partial charge in [0.15, 0.2) is 6.29 Å². The summed E-state index contributed by atoms with van der Waals surface area (Å²) in [6, 6.07) is 12.9. The smallest absolute Gasteiger partial charge is 0.152 e. The molecule has 1 saturated heterocycles. The molecule has 5 heteroatoms. The van der Waals surface area contributed by atoms with Crippen molar-refractivity contribution in [2.75, 3.05) is 26.2 Å². The largest absolute Gasteiger partial charge is 0.374 e. The Morgan fingerprint density at radius 3 is 2.67 bits per heavy atom. The van der Waals surface area contributed by atoms with E-state index in [1.54, 1.807) is 0 Å². The first-order valence-electron chi connectivity index (χ1n) is 11.2. The quantitative estimate of drug-likeness (QED) is 0.354. The van der Waals surface area contributed by atoms with Crippen LogP contribution in [0, 0.1) is 0 Å². The number of carbonyl (C=O) groups is 1. The van der Waals surface area contributed by atoms with Crippen molar-refractivity contribution in [3.63, 3.8) is 0 Å². The molecule has 5 nitrogen and oxygen atoms in total. The van der Waals surface area contributed by atoms with Crippen LogP contribution in [0.3, 0.4) is 0 Å². The highest BCUT2D eigenvalue weighted by atomic mass is 16.5. The molecule has 2 aromatic carbocycles. The molecular weight excluding hydrogens is 374 g/mol. The lowest BCUT2D eigenvalue weighted by Crippen LogP contribution is -2.26. The number of nitrogens with zero attached hydrogens (tertiary/aromatic N) is 3. The summed E-state index contributed by atoms with van der Waals surface area (Å²) in [5, 5.41) is 3.56. The van der Waals surface area contributed by atoms with Gasteiger partial charge >= 0.3 is 0 Å². The number of fused-ring (bicyclic) bond motifs is 3. The van der Waals surface area contributed by atoms with Crippen LogP contribution in [-0.2, 0) is 17.8 Å². The van der Waals surface area contributed by atoms with E-state index < -0.39 is 0 Å². The molecular formula is C25H27N3O2. The number of aldehydes is 1. The monoisotopic (exact) mass is 401 g/mol. The van der Waals surface area contributed by atoms with Gasteiger partial charge in [-0.3, -0.25) is 4.79 Å². The molecule has 0 saturated carbocycles. The van der Waals surface area contributed by atoms with E-state index in [1.165, 1.54) is 47.7 Å². The predicted octanol–water partition coefficient (Wildman–Crippen LogP) is 4.45. The number of benzene rings is 2. The minimum absolute atomic E-state index is 0.0880. The van der Waals surface area contributed by atoms with Crippen molar-refractivity contribution in [2.24, 2.45) is 0 Å². The zero-order chi connectivity index (χ0) is 20.1. The average Bonchev–Trinajstić information content (AvgIpc) is 3.46. The molecule has 0 spiro atoms. The number of likely N-dealkylation sites (tertiary alicyclic amines) is 1. The minimum atomic E-state index is 0.0880. The van der Waals surface area contributed by atoms with Crippen LogP contribution < -0.4 is 0 Å². The van der Waals surface area contributed by atoms with Gasteiger partial charge < -0.3 is 18.8 Å². The molecule has 4 aromatic rings. The van der Waals surface area contributed by atoms with Gasteiger partial charge in [-0.05, 0) is 38.4 Å². The SMILES string of the molecule is O=Cc1cn2c3c1ccc1c4ccccc4n(c13)CC(OCCCN1CCCC1)C2. The second-order valence-electron chi connectivity index (χ2n) is 8.74. The summed E-state index contributed by atoms with van der Waals surface area (Å²) in [5.41, 5.74) is 4.39. The fraction of sp³-hybridized carbons (Fsp3) is 0.400. The van der Waals surface area contributed by atoms with E-state index in [4.69, 9.17) is 4.74 Å². The van der Waals surface area contributed by atoms with Crippen LogP contribution in [0.4, 0.5) is 0 Å². The van der Waals surface area contributed by atoms with Gasteiger partial charge in [0, 0.05) is 46.6 Å². The Balaban J connectivity index is 1.38. The Morgan fingerprint density at radius 2 is 1.80 bits per heavy atom. The molecule has 6 rings (SSSR count). The highest BCUT2D eigenvalue weighted by Gasteiger charge is 2.25. The number of hydrogen-bond acceptors (Lipinski definition) is 3. The Labute approximate surface area is 175 Å². The lowest BCUT2D eigenvalue weighted by molar-refractivity contribution is 0.0288. The molecule has 1 unspecified atom stereocenters. The van der Waals surface area contributed by atoms with Crippen molar-refractivity contribution >= 4 is 39.0 Å². The number of rotatable bonds is 6. The fourth-order valence-corrected chi connectivity index (χ4v) is 5.51. The van der Waals surface area contributed by atoms with Crippen LogP contribution in [0.5, 0.6) is 0 Å². The highest BCUT2D eigenvalue weighted by Crippen LogP contribution is 2.37. The van der Waals surface area contributed by atoms with Gasteiger partial charge in [0.05, 0.1) is 30.2 Å². The van der Waals surface area contributed by atoms with Crippen LogP contribution in [-0.4, -0.2) is 52.7 Å². The first kappa shape index (κ1) is 18.2. The molecule has 0 bridgehead atoms. The number of para-hydroxylation sites is 1. The second-order valence-corrected chi connectivity index (χ2v) is 8.74. The van der Waals surface area contributed by atoms with Crippen LogP contribution in [0.2, 0.25) is 0 Å². The van der Waals surface area contributed by atoms with Crippen LogP contribution >= 0.6 is 0 Å². The minimum Gasteiger partial charge on any atom is -0.374 e. The van der Waals surface area contributed by atoms with Gasteiger partial charge in [-0.15, -0.1) is 0 Å². The molecule has 30 heavy (non-hydrogen) atoms. The van der Waals surface area contributed by atoms with E-state index in [1.807, 2.05) is 6.20 Å². The van der Waals surface area contributed by atoms with Crippen LogP contribution in [0.15, 0.2) is 42.6 Å². The van der Waals surface area contributed by atoms with Gasteiger partial charge in [0.2, 0.25) is 0 Å². The molecule has 0 radical (unpaired) electrons. The summed E-state index contributed by atoms with van der Waals surface area (Å²) >= 11 is 0. The van der Waals surface area contributed by atoms with Crippen molar-refractivity contribution in [1.82, 2.24) is 14.0 Å². The maximum absolute atomic E-state index is 11.7. The lowest BCUT2D eigenvalue weighted by Gasteiger charge is -2.20. The van der Waals surface area contributed by atoms with Gasteiger partial charge in [-0.1, -0.05) is 30.3 Å². The van der Waals surface area contributed by atoms with Gasteiger partial charge in [0.1, 0.15) is 0 Å².